The molecule has 1 N–H and O–H groups in total. The highest BCUT2D eigenvalue weighted by Gasteiger charge is 2.16. The fourth-order valence-electron chi connectivity index (χ4n) is 2.38. The van der Waals surface area contributed by atoms with E-state index in [0.717, 1.165) is 5.56 Å². The number of pyridine rings is 1. The van der Waals surface area contributed by atoms with E-state index in [1.54, 1.807) is 19.3 Å². The molecular weight excluding hydrogens is 296 g/mol. The predicted molar refractivity (Wildman–Crippen MR) is 85.0 cm³/mol. The maximum absolute atomic E-state index is 12.3. The number of rotatable bonds is 3. The summed E-state index contributed by atoms with van der Waals surface area (Å²) in [6.45, 7) is 2.94. The Hall–Kier alpha value is -2.76. The zero-order valence-corrected chi connectivity index (χ0v) is 13.0. The first-order valence-corrected chi connectivity index (χ1v) is 7.41. The molecule has 0 saturated heterocycles. The van der Waals surface area contributed by atoms with Gasteiger partial charge in [0, 0.05) is 24.9 Å². The number of ether oxygens (including phenoxy) is 2. The maximum Gasteiger partial charge on any atom is 0.252 e. The molecule has 23 heavy (non-hydrogen) atoms. The summed E-state index contributed by atoms with van der Waals surface area (Å²) in [5, 5.41) is 2.88. The van der Waals surface area contributed by atoms with Gasteiger partial charge in [-0.25, -0.2) is 0 Å². The molecule has 0 spiro atoms. The first-order valence-electron chi connectivity index (χ1n) is 7.41. The van der Waals surface area contributed by atoms with Gasteiger partial charge in [-0.05, 0) is 30.7 Å². The molecule has 1 aliphatic heterocycles. The molecule has 120 valence electrons. The number of aromatic nitrogens is 1. The van der Waals surface area contributed by atoms with Gasteiger partial charge < -0.3 is 19.4 Å². The number of fused-ring (bicyclic) bond motifs is 1. The topological polar surface area (TPSA) is 69.6 Å². The summed E-state index contributed by atoms with van der Waals surface area (Å²) in [5.74, 6) is 1.11. The number of carbonyl (C=O) groups excluding carboxylic acids is 1. The maximum atomic E-state index is 12.3. The lowest BCUT2D eigenvalue weighted by atomic mass is 10.1. The molecule has 6 nitrogen and oxygen atoms in total. The molecule has 2 aromatic rings. The van der Waals surface area contributed by atoms with Crippen LogP contribution in [0.3, 0.4) is 0 Å². The molecule has 1 aliphatic rings. The van der Waals surface area contributed by atoms with Gasteiger partial charge in [0.05, 0.1) is 6.04 Å². The lowest BCUT2D eigenvalue weighted by Gasteiger charge is -2.21. The van der Waals surface area contributed by atoms with Crippen molar-refractivity contribution in [3.05, 3.63) is 58.0 Å². The normalized spacial score (nSPS) is 14.2. The molecule has 1 amide bonds. The van der Waals surface area contributed by atoms with Gasteiger partial charge in [0.1, 0.15) is 13.2 Å². The van der Waals surface area contributed by atoms with E-state index in [-0.39, 0.29) is 17.5 Å². The predicted octanol–water partition coefficient (Wildman–Crippen LogP) is 1.65. The second-order valence-electron chi connectivity index (χ2n) is 5.46. The summed E-state index contributed by atoms with van der Waals surface area (Å²) >= 11 is 0. The van der Waals surface area contributed by atoms with Crippen LogP contribution in [-0.4, -0.2) is 23.7 Å². The number of hydrogen-bond donors (Lipinski definition) is 1. The molecular formula is C17H18N2O4. The number of carbonyl (C=O) groups is 1. The molecule has 0 unspecified atom stereocenters. The van der Waals surface area contributed by atoms with Crippen LogP contribution in [0.2, 0.25) is 0 Å². The third kappa shape index (κ3) is 3.21. The summed E-state index contributed by atoms with van der Waals surface area (Å²) in [6, 6.07) is 8.32. The minimum atomic E-state index is -0.287. The van der Waals surface area contributed by atoms with Crippen molar-refractivity contribution in [3.63, 3.8) is 0 Å². The van der Waals surface area contributed by atoms with Crippen molar-refractivity contribution in [2.75, 3.05) is 13.2 Å². The van der Waals surface area contributed by atoms with E-state index in [0.29, 0.717) is 30.3 Å². The third-order valence-corrected chi connectivity index (χ3v) is 3.78. The van der Waals surface area contributed by atoms with Crippen LogP contribution in [0.5, 0.6) is 11.5 Å². The quantitative estimate of drug-likeness (QED) is 0.935. The van der Waals surface area contributed by atoms with Crippen molar-refractivity contribution in [1.29, 1.82) is 0 Å². The van der Waals surface area contributed by atoms with Gasteiger partial charge >= 0.3 is 0 Å². The van der Waals surface area contributed by atoms with Crippen LogP contribution < -0.4 is 20.3 Å². The van der Waals surface area contributed by atoms with Crippen LogP contribution in [-0.2, 0) is 7.05 Å². The smallest absolute Gasteiger partial charge is 0.252 e. The Kier molecular flexibility index (Phi) is 4.06. The zero-order valence-electron chi connectivity index (χ0n) is 13.0. The Morgan fingerprint density at radius 2 is 1.91 bits per heavy atom. The summed E-state index contributed by atoms with van der Waals surface area (Å²) < 4.78 is 12.5. The molecule has 0 aliphatic carbocycles. The minimum absolute atomic E-state index is 0.218. The lowest BCUT2D eigenvalue weighted by Crippen LogP contribution is -2.28. The second-order valence-corrected chi connectivity index (χ2v) is 5.46. The van der Waals surface area contributed by atoms with E-state index in [4.69, 9.17) is 9.47 Å². The van der Waals surface area contributed by atoms with Crippen molar-refractivity contribution in [2.24, 2.45) is 7.05 Å². The molecule has 0 radical (unpaired) electrons. The molecule has 3 rings (SSSR count). The van der Waals surface area contributed by atoms with E-state index in [2.05, 4.69) is 5.32 Å². The number of nitrogens with one attached hydrogen (secondary N) is 1. The van der Waals surface area contributed by atoms with Crippen LogP contribution in [0.4, 0.5) is 0 Å². The number of hydrogen-bond acceptors (Lipinski definition) is 4. The largest absolute Gasteiger partial charge is 0.486 e. The highest BCUT2D eigenvalue weighted by Crippen LogP contribution is 2.32. The second kappa shape index (κ2) is 6.16. The molecule has 2 heterocycles. The van der Waals surface area contributed by atoms with Crippen LogP contribution in [0.15, 0.2) is 41.3 Å². The molecule has 6 heteroatoms. The average Bonchev–Trinajstić information content (AvgIpc) is 2.56. The van der Waals surface area contributed by atoms with Gasteiger partial charge in [0.15, 0.2) is 11.5 Å². The summed E-state index contributed by atoms with van der Waals surface area (Å²) in [6.07, 6.45) is 1.58. The van der Waals surface area contributed by atoms with E-state index in [1.165, 1.54) is 10.6 Å². The van der Waals surface area contributed by atoms with Gasteiger partial charge in [-0.15, -0.1) is 0 Å². The molecule has 1 atom stereocenters. The number of nitrogens with zero attached hydrogens (tertiary/aromatic N) is 1. The van der Waals surface area contributed by atoms with Crippen molar-refractivity contribution in [3.8, 4) is 11.5 Å². The fourth-order valence-corrected chi connectivity index (χ4v) is 2.38. The van der Waals surface area contributed by atoms with E-state index in [1.807, 2.05) is 25.1 Å². The molecule has 1 aromatic heterocycles. The van der Waals surface area contributed by atoms with Crippen molar-refractivity contribution in [2.45, 2.75) is 13.0 Å². The lowest BCUT2D eigenvalue weighted by molar-refractivity contribution is 0.0939. The molecule has 1 aromatic carbocycles. The Labute approximate surface area is 133 Å². The minimum Gasteiger partial charge on any atom is -0.486 e. The molecule has 0 bridgehead atoms. The first kappa shape index (κ1) is 15.1. The van der Waals surface area contributed by atoms with Crippen LogP contribution in [0.25, 0.3) is 0 Å². The van der Waals surface area contributed by atoms with Gasteiger partial charge in [-0.3, -0.25) is 9.59 Å². The molecule has 0 fully saturated rings. The Bertz CT molecular complexity index is 797. The summed E-state index contributed by atoms with van der Waals surface area (Å²) in [7, 11) is 1.64. The van der Waals surface area contributed by atoms with Crippen molar-refractivity contribution in [1.82, 2.24) is 9.88 Å². The van der Waals surface area contributed by atoms with Crippen LogP contribution in [0, 0.1) is 0 Å². The monoisotopic (exact) mass is 314 g/mol. The van der Waals surface area contributed by atoms with Gasteiger partial charge in [0.25, 0.3) is 11.5 Å². The number of amides is 1. The SMILES string of the molecule is C[C@H](NC(=O)c1ccn(C)c(=O)c1)c1ccc2c(c1)OCCO2. The van der Waals surface area contributed by atoms with Crippen molar-refractivity contribution < 1.29 is 14.3 Å². The highest BCUT2D eigenvalue weighted by atomic mass is 16.6. The first-order chi connectivity index (χ1) is 11.0. The number of benzene rings is 1. The van der Waals surface area contributed by atoms with E-state index < -0.39 is 0 Å². The average molecular weight is 314 g/mol. The van der Waals surface area contributed by atoms with Crippen LogP contribution >= 0.6 is 0 Å². The van der Waals surface area contributed by atoms with Crippen LogP contribution in [0.1, 0.15) is 28.9 Å². The van der Waals surface area contributed by atoms with Gasteiger partial charge in [0.2, 0.25) is 0 Å². The highest BCUT2D eigenvalue weighted by molar-refractivity contribution is 5.94. The zero-order chi connectivity index (χ0) is 16.4. The summed E-state index contributed by atoms with van der Waals surface area (Å²) in [4.78, 5) is 23.9. The Morgan fingerprint density at radius 1 is 1.17 bits per heavy atom. The molecule has 0 saturated carbocycles. The summed E-state index contributed by atoms with van der Waals surface area (Å²) in [5.41, 5.74) is 1.04. The fraction of sp³-hybridized carbons (Fsp3) is 0.294. The van der Waals surface area contributed by atoms with Gasteiger partial charge in [-0.1, -0.05) is 6.07 Å². The van der Waals surface area contributed by atoms with E-state index >= 15 is 0 Å². The van der Waals surface area contributed by atoms with E-state index in [9.17, 15) is 9.59 Å². The van der Waals surface area contributed by atoms with Gasteiger partial charge in [-0.2, -0.15) is 0 Å². The third-order valence-electron chi connectivity index (χ3n) is 3.78. The van der Waals surface area contributed by atoms with Crippen molar-refractivity contribution >= 4 is 5.91 Å². The Balaban J connectivity index is 1.75. The Morgan fingerprint density at radius 3 is 2.65 bits per heavy atom. The number of aryl methyl sites for hydroxylation is 1. The standard InChI is InChI=1S/C17H18N2O4/c1-11(12-3-4-14-15(9-12)23-8-7-22-14)18-17(21)13-5-6-19(2)16(20)10-13/h3-6,9-11H,7-8H2,1-2H3,(H,18,21)/t11-/m0/s1.